The highest BCUT2D eigenvalue weighted by Crippen LogP contribution is 2.42. The van der Waals surface area contributed by atoms with Crippen LogP contribution in [0.25, 0.3) is 5.76 Å². The molecule has 1 N–H and O–H groups in total. The van der Waals surface area contributed by atoms with Crippen LogP contribution in [0.5, 0.6) is 11.5 Å². The maximum Gasteiger partial charge on any atom is 0.300 e. The van der Waals surface area contributed by atoms with Crippen LogP contribution in [-0.2, 0) is 16.0 Å². The van der Waals surface area contributed by atoms with Crippen molar-refractivity contribution in [1.82, 2.24) is 0 Å². The summed E-state index contributed by atoms with van der Waals surface area (Å²) in [6, 6.07) is 20.8. The van der Waals surface area contributed by atoms with Crippen LogP contribution in [0.3, 0.4) is 0 Å². The molecule has 2 heterocycles. The van der Waals surface area contributed by atoms with Crippen LogP contribution in [0, 0.1) is 0 Å². The second-order valence-corrected chi connectivity index (χ2v) is 8.05. The van der Waals surface area contributed by atoms with E-state index in [1.165, 1.54) is 4.90 Å². The Morgan fingerprint density at radius 2 is 1.79 bits per heavy atom. The lowest BCUT2D eigenvalue weighted by molar-refractivity contribution is -0.132. The van der Waals surface area contributed by atoms with E-state index in [0.29, 0.717) is 29.2 Å². The number of aliphatic hydroxyl groups is 1. The number of anilines is 1. The number of ether oxygens (including phenoxy) is 2. The van der Waals surface area contributed by atoms with Gasteiger partial charge in [0.25, 0.3) is 11.7 Å². The Kier molecular flexibility index (Phi) is 5.34. The quantitative estimate of drug-likeness (QED) is 0.362. The van der Waals surface area contributed by atoms with Crippen molar-refractivity contribution in [3.05, 3.63) is 95.1 Å². The first-order valence-corrected chi connectivity index (χ1v) is 10.8. The third-order valence-electron chi connectivity index (χ3n) is 6.09. The SMILES string of the molecule is COc1ccc(C2/C(=C(/O)c3ccc4c(c3)CCCO4)C(=O)C(=O)N2c2ccccc2)cc1. The van der Waals surface area contributed by atoms with E-state index < -0.39 is 17.7 Å². The summed E-state index contributed by atoms with van der Waals surface area (Å²) in [4.78, 5) is 27.9. The lowest BCUT2D eigenvalue weighted by Crippen LogP contribution is -2.29. The summed E-state index contributed by atoms with van der Waals surface area (Å²) in [7, 11) is 1.57. The predicted molar refractivity (Wildman–Crippen MR) is 124 cm³/mol. The van der Waals surface area contributed by atoms with Crippen molar-refractivity contribution >= 4 is 23.1 Å². The van der Waals surface area contributed by atoms with Gasteiger partial charge < -0.3 is 14.6 Å². The molecule has 33 heavy (non-hydrogen) atoms. The van der Waals surface area contributed by atoms with Gasteiger partial charge in [-0.25, -0.2) is 0 Å². The summed E-state index contributed by atoms with van der Waals surface area (Å²) in [5, 5.41) is 11.3. The highest BCUT2D eigenvalue weighted by Gasteiger charge is 2.47. The number of hydrogen-bond acceptors (Lipinski definition) is 5. The molecule has 0 bridgehead atoms. The maximum atomic E-state index is 13.2. The van der Waals surface area contributed by atoms with Crippen LogP contribution >= 0.6 is 0 Å². The van der Waals surface area contributed by atoms with Gasteiger partial charge in [-0.2, -0.15) is 0 Å². The molecule has 2 aliphatic rings. The summed E-state index contributed by atoms with van der Waals surface area (Å²) in [5.41, 5.74) is 2.80. The molecule has 1 unspecified atom stereocenters. The normalized spacial score (nSPS) is 19.2. The first-order chi connectivity index (χ1) is 16.1. The summed E-state index contributed by atoms with van der Waals surface area (Å²) in [6.07, 6.45) is 1.72. The molecule has 5 rings (SSSR count). The molecule has 0 aromatic heterocycles. The van der Waals surface area contributed by atoms with Gasteiger partial charge in [-0.05, 0) is 66.4 Å². The van der Waals surface area contributed by atoms with Gasteiger partial charge in [0.15, 0.2) is 0 Å². The van der Waals surface area contributed by atoms with Gasteiger partial charge in [-0.15, -0.1) is 0 Å². The first kappa shape index (κ1) is 20.8. The van der Waals surface area contributed by atoms with Crippen molar-refractivity contribution in [2.45, 2.75) is 18.9 Å². The minimum Gasteiger partial charge on any atom is -0.507 e. The van der Waals surface area contributed by atoms with Crippen LogP contribution < -0.4 is 14.4 Å². The number of Topliss-reactive ketones (excluding diaryl/α,β-unsaturated/α-hetero) is 1. The van der Waals surface area contributed by atoms with E-state index in [1.54, 1.807) is 55.6 Å². The maximum absolute atomic E-state index is 13.2. The van der Waals surface area contributed by atoms with Crippen LogP contribution in [0.1, 0.15) is 29.2 Å². The molecular weight excluding hydrogens is 418 g/mol. The van der Waals surface area contributed by atoms with E-state index in [0.717, 1.165) is 24.2 Å². The largest absolute Gasteiger partial charge is 0.507 e. The van der Waals surface area contributed by atoms with Crippen molar-refractivity contribution in [2.24, 2.45) is 0 Å². The van der Waals surface area contributed by atoms with Crippen molar-refractivity contribution in [2.75, 3.05) is 18.6 Å². The van der Waals surface area contributed by atoms with Crippen molar-refractivity contribution in [3.8, 4) is 11.5 Å². The standard InChI is InChI=1S/C27H23NO5/c1-32-21-12-9-17(10-13-21)24-23(26(30)27(31)28(24)20-7-3-2-4-8-20)25(29)19-11-14-22-18(16-19)6-5-15-33-22/h2-4,7-14,16,24,29H,5-6,15H2,1H3/b25-23-. The molecular formula is C27H23NO5. The summed E-state index contributed by atoms with van der Waals surface area (Å²) < 4.78 is 10.9. The molecule has 1 fully saturated rings. The number of ketones is 1. The fraction of sp³-hybridized carbons (Fsp3) is 0.185. The molecule has 6 nitrogen and oxygen atoms in total. The number of benzene rings is 3. The number of fused-ring (bicyclic) bond motifs is 1. The zero-order valence-corrected chi connectivity index (χ0v) is 18.2. The number of carbonyl (C=O) groups is 2. The molecule has 2 aliphatic heterocycles. The van der Waals surface area contributed by atoms with Gasteiger partial charge >= 0.3 is 0 Å². The molecule has 0 radical (unpaired) electrons. The second kappa shape index (κ2) is 8.47. The predicted octanol–water partition coefficient (Wildman–Crippen LogP) is 4.65. The van der Waals surface area contributed by atoms with Gasteiger partial charge in [0.1, 0.15) is 17.3 Å². The highest BCUT2D eigenvalue weighted by molar-refractivity contribution is 6.51. The number of methoxy groups -OCH3 is 1. The average molecular weight is 441 g/mol. The Bertz CT molecular complexity index is 1250. The molecule has 1 atom stereocenters. The fourth-order valence-electron chi connectivity index (χ4n) is 4.45. The first-order valence-electron chi connectivity index (χ1n) is 10.8. The van der Waals surface area contributed by atoms with Crippen LogP contribution in [0.4, 0.5) is 5.69 Å². The van der Waals surface area contributed by atoms with Crippen LogP contribution in [-0.4, -0.2) is 30.5 Å². The molecule has 6 heteroatoms. The summed E-state index contributed by atoms with van der Waals surface area (Å²) >= 11 is 0. The fourth-order valence-corrected chi connectivity index (χ4v) is 4.45. The number of para-hydroxylation sites is 1. The molecule has 0 saturated carbocycles. The zero-order valence-electron chi connectivity index (χ0n) is 18.2. The lowest BCUT2D eigenvalue weighted by atomic mass is 9.94. The zero-order chi connectivity index (χ0) is 22.9. The number of nitrogens with zero attached hydrogens (tertiary/aromatic N) is 1. The average Bonchev–Trinajstić information content (AvgIpc) is 3.14. The number of aliphatic hydroxyl groups excluding tert-OH is 1. The Labute approximate surface area is 191 Å². The Morgan fingerprint density at radius 1 is 1.03 bits per heavy atom. The Hall–Kier alpha value is -4.06. The minimum absolute atomic E-state index is 0.0608. The molecule has 0 spiro atoms. The molecule has 0 aliphatic carbocycles. The third-order valence-corrected chi connectivity index (χ3v) is 6.09. The number of hydrogen-bond donors (Lipinski definition) is 1. The molecule has 3 aromatic carbocycles. The van der Waals surface area contributed by atoms with Gasteiger partial charge in [0, 0.05) is 11.3 Å². The Morgan fingerprint density at radius 3 is 2.52 bits per heavy atom. The van der Waals surface area contributed by atoms with E-state index in [-0.39, 0.29) is 11.3 Å². The van der Waals surface area contributed by atoms with E-state index in [2.05, 4.69) is 0 Å². The second-order valence-electron chi connectivity index (χ2n) is 8.05. The van der Waals surface area contributed by atoms with E-state index in [9.17, 15) is 14.7 Å². The topological polar surface area (TPSA) is 76.1 Å². The van der Waals surface area contributed by atoms with Gasteiger partial charge in [-0.1, -0.05) is 30.3 Å². The smallest absolute Gasteiger partial charge is 0.300 e. The Balaban J connectivity index is 1.68. The molecule has 1 amide bonds. The van der Waals surface area contributed by atoms with Gasteiger partial charge in [0.2, 0.25) is 0 Å². The number of rotatable bonds is 4. The highest BCUT2D eigenvalue weighted by atomic mass is 16.5. The van der Waals surface area contributed by atoms with Gasteiger partial charge in [-0.3, -0.25) is 14.5 Å². The van der Waals surface area contributed by atoms with Crippen molar-refractivity contribution in [1.29, 1.82) is 0 Å². The van der Waals surface area contributed by atoms with E-state index >= 15 is 0 Å². The van der Waals surface area contributed by atoms with Crippen molar-refractivity contribution in [3.63, 3.8) is 0 Å². The number of aryl methyl sites for hydroxylation is 1. The monoisotopic (exact) mass is 441 g/mol. The summed E-state index contributed by atoms with van der Waals surface area (Å²) in [6.45, 7) is 0.665. The number of carbonyl (C=O) groups excluding carboxylic acids is 2. The minimum atomic E-state index is -0.773. The van der Waals surface area contributed by atoms with Crippen LogP contribution in [0.15, 0.2) is 78.4 Å². The van der Waals surface area contributed by atoms with Gasteiger partial charge in [0.05, 0.1) is 25.3 Å². The number of amides is 1. The van der Waals surface area contributed by atoms with E-state index in [4.69, 9.17) is 9.47 Å². The van der Waals surface area contributed by atoms with Crippen molar-refractivity contribution < 1.29 is 24.2 Å². The lowest BCUT2D eigenvalue weighted by Gasteiger charge is -2.25. The molecule has 1 saturated heterocycles. The molecule has 3 aromatic rings. The van der Waals surface area contributed by atoms with Crippen LogP contribution in [0.2, 0.25) is 0 Å². The third kappa shape index (κ3) is 3.63. The summed E-state index contributed by atoms with van der Waals surface area (Å²) in [5.74, 6) is -0.142. The molecule has 166 valence electrons. The van der Waals surface area contributed by atoms with E-state index in [1.807, 2.05) is 24.3 Å².